The standard InChI is InChI=1S/C15H19N3O2/c1-2-20-15(19)13-6-4-8-18(11-13)10-12-5-3-7-17-14(12)9-16/h3,5,7,13H,2,4,6,8,10-11H2,1H3. The summed E-state index contributed by atoms with van der Waals surface area (Å²) in [6.45, 7) is 4.55. The monoisotopic (exact) mass is 273 g/mol. The Morgan fingerprint density at radius 1 is 1.65 bits per heavy atom. The summed E-state index contributed by atoms with van der Waals surface area (Å²) in [6.07, 6.45) is 3.48. The number of nitriles is 1. The summed E-state index contributed by atoms with van der Waals surface area (Å²) in [5, 5.41) is 9.05. The van der Waals surface area contributed by atoms with Gasteiger partial charge >= 0.3 is 5.97 Å². The Hall–Kier alpha value is -1.93. The highest BCUT2D eigenvalue weighted by molar-refractivity contribution is 5.72. The van der Waals surface area contributed by atoms with Gasteiger partial charge in [0.2, 0.25) is 0 Å². The van der Waals surface area contributed by atoms with Crippen LogP contribution >= 0.6 is 0 Å². The maximum atomic E-state index is 11.8. The first kappa shape index (κ1) is 14.5. The van der Waals surface area contributed by atoms with E-state index in [2.05, 4.69) is 16.0 Å². The topological polar surface area (TPSA) is 66.2 Å². The summed E-state index contributed by atoms with van der Waals surface area (Å²) in [5.74, 6) is -0.158. The molecule has 5 nitrogen and oxygen atoms in total. The number of likely N-dealkylation sites (tertiary alicyclic amines) is 1. The van der Waals surface area contributed by atoms with Gasteiger partial charge in [-0.3, -0.25) is 9.69 Å². The molecule has 0 saturated carbocycles. The predicted octanol–water partition coefficient (Wildman–Crippen LogP) is 1.73. The van der Waals surface area contributed by atoms with E-state index in [-0.39, 0.29) is 11.9 Å². The molecule has 1 aliphatic heterocycles. The Balaban J connectivity index is 1.99. The molecule has 1 fully saturated rings. The summed E-state index contributed by atoms with van der Waals surface area (Å²) in [4.78, 5) is 18.1. The van der Waals surface area contributed by atoms with Crippen molar-refractivity contribution in [3.05, 3.63) is 29.6 Å². The van der Waals surface area contributed by atoms with Crippen LogP contribution < -0.4 is 0 Å². The van der Waals surface area contributed by atoms with Crippen molar-refractivity contribution in [3.63, 3.8) is 0 Å². The fourth-order valence-electron chi connectivity index (χ4n) is 2.56. The zero-order valence-corrected chi connectivity index (χ0v) is 11.7. The Bertz CT molecular complexity index is 510. The molecule has 0 N–H and O–H groups in total. The van der Waals surface area contributed by atoms with Gasteiger partial charge in [0.25, 0.3) is 0 Å². The van der Waals surface area contributed by atoms with Crippen molar-refractivity contribution in [2.75, 3.05) is 19.7 Å². The molecule has 0 aliphatic carbocycles. The van der Waals surface area contributed by atoms with E-state index >= 15 is 0 Å². The van der Waals surface area contributed by atoms with Crippen LogP contribution in [0, 0.1) is 17.2 Å². The Morgan fingerprint density at radius 2 is 2.50 bits per heavy atom. The van der Waals surface area contributed by atoms with Crippen molar-refractivity contribution in [1.82, 2.24) is 9.88 Å². The lowest BCUT2D eigenvalue weighted by molar-refractivity contribution is -0.150. The maximum Gasteiger partial charge on any atom is 0.310 e. The number of hydrogen-bond acceptors (Lipinski definition) is 5. The van der Waals surface area contributed by atoms with Crippen molar-refractivity contribution in [3.8, 4) is 6.07 Å². The molecule has 0 bridgehead atoms. The maximum absolute atomic E-state index is 11.8. The number of nitrogens with zero attached hydrogens (tertiary/aromatic N) is 3. The van der Waals surface area contributed by atoms with Gasteiger partial charge in [-0.25, -0.2) is 4.98 Å². The quantitative estimate of drug-likeness (QED) is 0.782. The molecule has 5 heteroatoms. The summed E-state index contributed by atoms with van der Waals surface area (Å²) in [6, 6.07) is 5.86. The number of aromatic nitrogens is 1. The van der Waals surface area contributed by atoms with Gasteiger partial charge in [0.1, 0.15) is 11.8 Å². The van der Waals surface area contributed by atoms with Gasteiger partial charge in [-0.05, 0) is 32.4 Å². The van der Waals surface area contributed by atoms with E-state index in [9.17, 15) is 4.79 Å². The molecule has 106 valence electrons. The number of rotatable bonds is 4. The number of pyridine rings is 1. The van der Waals surface area contributed by atoms with Crippen molar-refractivity contribution >= 4 is 5.97 Å². The number of piperidine rings is 1. The Labute approximate surface area is 119 Å². The van der Waals surface area contributed by atoms with Gasteiger partial charge in [0, 0.05) is 24.8 Å². The number of carbonyl (C=O) groups is 1. The molecule has 1 atom stereocenters. The zero-order chi connectivity index (χ0) is 14.4. The number of esters is 1. The molecule has 1 saturated heterocycles. The van der Waals surface area contributed by atoms with Gasteiger partial charge in [-0.15, -0.1) is 0 Å². The molecule has 1 unspecified atom stereocenters. The minimum Gasteiger partial charge on any atom is -0.466 e. The van der Waals surface area contributed by atoms with Crippen molar-refractivity contribution in [2.45, 2.75) is 26.3 Å². The predicted molar refractivity (Wildman–Crippen MR) is 73.6 cm³/mol. The van der Waals surface area contributed by atoms with Crippen LogP contribution in [0.5, 0.6) is 0 Å². The van der Waals surface area contributed by atoms with E-state index in [1.54, 1.807) is 6.20 Å². The van der Waals surface area contributed by atoms with Crippen LogP contribution in [0.3, 0.4) is 0 Å². The average molecular weight is 273 g/mol. The molecule has 0 amide bonds. The molecule has 0 spiro atoms. The highest BCUT2D eigenvalue weighted by atomic mass is 16.5. The Kier molecular flexibility index (Phi) is 5.08. The fourth-order valence-corrected chi connectivity index (χ4v) is 2.56. The molecule has 20 heavy (non-hydrogen) atoms. The minimum atomic E-state index is -0.108. The van der Waals surface area contributed by atoms with Gasteiger partial charge in [-0.2, -0.15) is 5.26 Å². The van der Waals surface area contributed by atoms with Crippen LogP contribution in [0.15, 0.2) is 18.3 Å². The molecule has 2 rings (SSSR count). The fraction of sp³-hybridized carbons (Fsp3) is 0.533. The largest absolute Gasteiger partial charge is 0.466 e. The zero-order valence-electron chi connectivity index (χ0n) is 11.7. The summed E-state index contributed by atoms with van der Waals surface area (Å²) in [5.41, 5.74) is 1.38. The smallest absolute Gasteiger partial charge is 0.310 e. The van der Waals surface area contributed by atoms with E-state index in [0.29, 0.717) is 25.4 Å². The summed E-state index contributed by atoms with van der Waals surface area (Å²) in [7, 11) is 0. The van der Waals surface area contributed by atoms with Crippen molar-refractivity contribution in [1.29, 1.82) is 5.26 Å². The van der Waals surface area contributed by atoms with Crippen LogP contribution in [-0.2, 0) is 16.1 Å². The summed E-state index contributed by atoms with van der Waals surface area (Å²) < 4.78 is 5.09. The second-order valence-corrected chi connectivity index (χ2v) is 4.95. The number of hydrogen-bond donors (Lipinski definition) is 0. The van der Waals surface area contributed by atoms with Gasteiger partial charge in [0.15, 0.2) is 0 Å². The third-order valence-corrected chi connectivity index (χ3v) is 3.52. The van der Waals surface area contributed by atoms with Crippen LogP contribution in [0.2, 0.25) is 0 Å². The third kappa shape index (κ3) is 3.55. The van der Waals surface area contributed by atoms with Crippen LogP contribution in [-0.4, -0.2) is 35.5 Å². The van der Waals surface area contributed by atoms with Gasteiger partial charge in [0.05, 0.1) is 12.5 Å². The van der Waals surface area contributed by atoms with E-state index in [0.717, 1.165) is 24.9 Å². The average Bonchev–Trinajstić information content (AvgIpc) is 2.48. The summed E-state index contributed by atoms with van der Waals surface area (Å²) >= 11 is 0. The minimum absolute atomic E-state index is 0.0501. The highest BCUT2D eigenvalue weighted by Gasteiger charge is 2.27. The lowest BCUT2D eigenvalue weighted by atomic mass is 9.97. The second-order valence-electron chi connectivity index (χ2n) is 4.95. The lowest BCUT2D eigenvalue weighted by Gasteiger charge is -2.31. The van der Waals surface area contributed by atoms with Gasteiger partial charge in [-0.1, -0.05) is 6.07 Å². The van der Waals surface area contributed by atoms with Crippen LogP contribution in [0.1, 0.15) is 31.0 Å². The first-order valence-corrected chi connectivity index (χ1v) is 6.97. The third-order valence-electron chi connectivity index (χ3n) is 3.52. The van der Waals surface area contributed by atoms with Crippen LogP contribution in [0.4, 0.5) is 0 Å². The molecular weight excluding hydrogens is 254 g/mol. The molecule has 1 aromatic rings. The number of carbonyl (C=O) groups excluding carboxylic acids is 1. The molecule has 1 aliphatic rings. The van der Waals surface area contributed by atoms with Gasteiger partial charge < -0.3 is 4.74 Å². The van der Waals surface area contributed by atoms with Crippen LogP contribution in [0.25, 0.3) is 0 Å². The van der Waals surface area contributed by atoms with Crippen molar-refractivity contribution < 1.29 is 9.53 Å². The highest BCUT2D eigenvalue weighted by Crippen LogP contribution is 2.20. The molecule has 0 aromatic carbocycles. The molecule has 0 radical (unpaired) electrons. The number of ether oxygens (including phenoxy) is 1. The Morgan fingerprint density at radius 3 is 3.25 bits per heavy atom. The second kappa shape index (κ2) is 7.01. The first-order valence-electron chi connectivity index (χ1n) is 6.97. The lowest BCUT2D eigenvalue weighted by Crippen LogP contribution is -2.39. The van der Waals surface area contributed by atoms with E-state index < -0.39 is 0 Å². The molecule has 1 aromatic heterocycles. The SMILES string of the molecule is CCOC(=O)C1CCCN(Cc2cccnc2C#N)C1. The van der Waals surface area contributed by atoms with E-state index in [1.165, 1.54) is 0 Å². The molecule has 2 heterocycles. The van der Waals surface area contributed by atoms with E-state index in [1.807, 2.05) is 19.1 Å². The first-order chi connectivity index (χ1) is 9.74. The van der Waals surface area contributed by atoms with Crippen molar-refractivity contribution in [2.24, 2.45) is 5.92 Å². The molecular formula is C15H19N3O2. The normalized spacial score (nSPS) is 19.3. The van der Waals surface area contributed by atoms with E-state index in [4.69, 9.17) is 10.00 Å².